The molecule has 0 nitrogen and oxygen atoms in total. The summed E-state index contributed by atoms with van der Waals surface area (Å²) >= 11 is 1.42. The monoisotopic (exact) mass is 151 g/mol. The first kappa shape index (κ1) is 5.86. The second-order valence-electron chi connectivity index (χ2n) is 2.01. The molecule has 0 bridgehead atoms. The molecule has 0 amide bonds. The third-order valence-electron chi connectivity index (χ3n) is 1.36. The molecule has 0 saturated carbocycles. The molecule has 0 aliphatic carbocycles. The predicted molar refractivity (Wildman–Crippen MR) is 40.6 cm³/mol. The molecule has 1 aromatic heterocycles. The van der Waals surface area contributed by atoms with Crippen molar-refractivity contribution in [2.24, 2.45) is 0 Å². The van der Waals surface area contributed by atoms with Crippen molar-refractivity contribution in [1.82, 2.24) is 0 Å². The predicted octanol–water partition coefficient (Wildman–Crippen LogP) is 2.84. The minimum Gasteiger partial charge on any atom is -0.205 e. The number of halogens is 1. The number of thiophene rings is 1. The van der Waals surface area contributed by atoms with E-state index in [2.05, 4.69) is 6.07 Å². The molecule has 0 spiro atoms. The maximum absolute atomic E-state index is 12.8. The maximum atomic E-state index is 12.8. The molecule has 1 aromatic carbocycles. The third-order valence-corrected chi connectivity index (χ3v) is 2.30. The lowest BCUT2D eigenvalue weighted by Gasteiger charge is -1.87. The van der Waals surface area contributed by atoms with Gasteiger partial charge in [0.15, 0.2) is 0 Å². The van der Waals surface area contributed by atoms with E-state index in [9.17, 15) is 4.39 Å². The van der Waals surface area contributed by atoms with Crippen LogP contribution in [-0.4, -0.2) is 0 Å². The number of fused-ring (bicyclic) bond motifs is 1. The maximum Gasteiger partial charge on any atom is 0.141 e. The molecule has 0 atom stereocenters. The smallest absolute Gasteiger partial charge is 0.141 e. The molecule has 0 aliphatic heterocycles. The highest BCUT2D eigenvalue weighted by Crippen LogP contribution is 2.22. The first-order chi connectivity index (χ1) is 4.88. The van der Waals surface area contributed by atoms with Gasteiger partial charge in [0.05, 0.1) is 4.70 Å². The van der Waals surface area contributed by atoms with E-state index in [4.69, 9.17) is 0 Å². The van der Waals surface area contributed by atoms with E-state index in [1.807, 2.05) is 11.4 Å². The van der Waals surface area contributed by atoms with E-state index in [0.717, 1.165) is 10.1 Å². The Morgan fingerprint density at radius 2 is 2.30 bits per heavy atom. The zero-order chi connectivity index (χ0) is 6.97. The van der Waals surface area contributed by atoms with Crippen LogP contribution < -0.4 is 0 Å². The van der Waals surface area contributed by atoms with Gasteiger partial charge < -0.3 is 0 Å². The molecule has 0 N–H and O–H groups in total. The van der Waals surface area contributed by atoms with Crippen LogP contribution in [-0.2, 0) is 0 Å². The van der Waals surface area contributed by atoms with Crippen LogP contribution in [0, 0.1) is 11.9 Å². The fourth-order valence-electron chi connectivity index (χ4n) is 0.897. The van der Waals surface area contributed by atoms with Gasteiger partial charge in [0.25, 0.3) is 0 Å². The highest BCUT2D eigenvalue weighted by atomic mass is 32.1. The second-order valence-corrected chi connectivity index (χ2v) is 2.92. The number of benzene rings is 1. The van der Waals surface area contributed by atoms with Crippen molar-refractivity contribution in [3.8, 4) is 0 Å². The first-order valence-corrected chi connectivity index (χ1v) is 3.79. The van der Waals surface area contributed by atoms with Gasteiger partial charge in [0.1, 0.15) is 5.82 Å². The van der Waals surface area contributed by atoms with Crippen LogP contribution in [0.5, 0.6) is 0 Å². The highest BCUT2D eigenvalue weighted by molar-refractivity contribution is 7.17. The van der Waals surface area contributed by atoms with Crippen LogP contribution in [0.15, 0.2) is 23.6 Å². The average molecular weight is 151 g/mol. The Labute approximate surface area is 61.9 Å². The van der Waals surface area contributed by atoms with Crippen molar-refractivity contribution in [2.75, 3.05) is 0 Å². The van der Waals surface area contributed by atoms with E-state index < -0.39 is 0 Å². The lowest BCUT2D eigenvalue weighted by molar-refractivity contribution is 0.641. The van der Waals surface area contributed by atoms with Gasteiger partial charge >= 0.3 is 0 Å². The standard InChI is InChI=1S/C8H4FS/c9-7-3-1-2-6-4-5-10-8(6)7/h2-5H. The molecule has 1 radical (unpaired) electrons. The van der Waals surface area contributed by atoms with E-state index in [1.54, 1.807) is 6.07 Å². The Balaban J connectivity index is 2.95. The van der Waals surface area contributed by atoms with Gasteiger partial charge in [-0.25, -0.2) is 4.39 Å². The summed E-state index contributed by atoms with van der Waals surface area (Å²) in [6, 6.07) is 7.76. The van der Waals surface area contributed by atoms with Crippen molar-refractivity contribution in [3.63, 3.8) is 0 Å². The van der Waals surface area contributed by atoms with Crippen LogP contribution in [0.3, 0.4) is 0 Å². The quantitative estimate of drug-likeness (QED) is 0.543. The number of hydrogen-bond donors (Lipinski definition) is 0. The summed E-state index contributed by atoms with van der Waals surface area (Å²) < 4.78 is 13.5. The van der Waals surface area contributed by atoms with Gasteiger partial charge in [0, 0.05) is 0 Å². The molecular weight excluding hydrogens is 147 g/mol. The summed E-state index contributed by atoms with van der Waals surface area (Å²) in [5.41, 5.74) is 0. The molecule has 49 valence electrons. The molecule has 0 unspecified atom stereocenters. The number of rotatable bonds is 0. The van der Waals surface area contributed by atoms with E-state index in [0.29, 0.717) is 0 Å². The van der Waals surface area contributed by atoms with E-state index in [-0.39, 0.29) is 5.82 Å². The minimum atomic E-state index is -0.174. The summed E-state index contributed by atoms with van der Waals surface area (Å²) in [5, 5.41) is 2.81. The molecule has 2 aromatic rings. The molecular formula is C8H4FS. The van der Waals surface area contributed by atoms with E-state index in [1.165, 1.54) is 17.4 Å². The molecule has 0 aliphatic rings. The Morgan fingerprint density at radius 3 is 3.10 bits per heavy atom. The van der Waals surface area contributed by atoms with Gasteiger partial charge in [-0.2, -0.15) is 0 Å². The van der Waals surface area contributed by atoms with Crippen LogP contribution >= 0.6 is 11.3 Å². The summed E-state index contributed by atoms with van der Waals surface area (Å²) in [4.78, 5) is 0. The van der Waals surface area contributed by atoms with E-state index >= 15 is 0 Å². The third kappa shape index (κ3) is 0.727. The molecule has 2 rings (SSSR count). The summed E-state index contributed by atoms with van der Waals surface area (Å²) in [6.07, 6.45) is 0. The Kier molecular flexibility index (Phi) is 1.21. The highest BCUT2D eigenvalue weighted by Gasteiger charge is 1.98. The van der Waals surface area contributed by atoms with Crippen LogP contribution in [0.4, 0.5) is 4.39 Å². The Bertz CT molecular complexity index is 351. The second kappa shape index (κ2) is 2.06. The topological polar surface area (TPSA) is 0 Å². The van der Waals surface area contributed by atoms with Crippen molar-refractivity contribution in [3.05, 3.63) is 35.5 Å². The van der Waals surface area contributed by atoms with Crippen LogP contribution in [0.25, 0.3) is 10.1 Å². The van der Waals surface area contributed by atoms with Gasteiger partial charge in [-0.1, -0.05) is 0 Å². The fourth-order valence-corrected chi connectivity index (χ4v) is 1.68. The first-order valence-electron chi connectivity index (χ1n) is 2.91. The fraction of sp³-hybridized carbons (Fsp3) is 0. The minimum absolute atomic E-state index is 0.174. The van der Waals surface area contributed by atoms with Gasteiger partial charge in [-0.15, -0.1) is 11.3 Å². The van der Waals surface area contributed by atoms with Gasteiger partial charge in [0.2, 0.25) is 0 Å². The largest absolute Gasteiger partial charge is 0.205 e. The summed E-state index contributed by atoms with van der Waals surface area (Å²) in [6.45, 7) is 0. The summed E-state index contributed by atoms with van der Waals surface area (Å²) in [5.74, 6) is -0.174. The molecule has 0 saturated heterocycles. The van der Waals surface area contributed by atoms with Gasteiger partial charge in [-0.05, 0) is 35.0 Å². The van der Waals surface area contributed by atoms with Crippen molar-refractivity contribution < 1.29 is 4.39 Å². The molecule has 0 fully saturated rings. The zero-order valence-corrected chi connectivity index (χ0v) is 5.91. The van der Waals surface area contributed by atoms with Gasteiger partial charge in [-0.3, -0.25) is 0 Å². The van der Waals surface area contributed by atoms with Crippen molar-refractivity contribution >= 4 is 21.4 Å². The van der Waals surface area contributed by atoms with Crippen LogP contribution in [0.1, 0.15) is 0 Å². The van der Waals surface area contributed by atoms with Crippen molar-refractivity contribution in [2.45, 2.75) is 0 Å². The normalized spacial score (nSPS) is 10.5. The van der Waals surface area contributed by atoms with Crippen LogP contribution in [0.2, 0.25) is 0 Å². The Morgan fingerprint density at radius 1 is 1.40 bits per heavy atom. The average Bonchev–Trinajstić information content (AvgIpc) is 2.36. The number of hydrogen-bond acceptors (Lipinski definition) is 1. The molecule has 1 heterocycles. The summed E-state index contributed by atoms with van der Waals surface area (Å²) in [7, 11) is 0. The Hall–Kier alpha value is -0.890. The molecule has 2 heteroatoms. The lowest BCUT2D eigenvalue weighted by atomic mass is 10.3. The lowest BCUT2D eigenvalue weighted by Crippen LogP contribution is -1.69. The SMILES string of the molecule is Fc1c[c]cc2ccsc12. The zero-order valence-electron chi connectivity index (χ0n) is 5.10. The van der Waals surface area contributed by atoms with Crippen molar-refractivity contribution in [1.29, 1.82) is 0 Å². The molecule has 10 heavy (non-hydrogen) atoms.